The summed E-state index contributed by atoms with van der Waals surface area (Å²) in [6.45, 7) is 1.09. The van der Waals surface area contributed by atoms with Crippen molar-refractivity contribution >= 4 is 47.2 Å². The van der Waals surface area contributed by atoms with E-state index in [1.54, 1.807) is 72.6 Å². The minimum Gasteiger partial charge on any atom is -0.354 e. The fourth-order valence-corrected chi connectivity index (χ4v) is 4.89. The van der Waals surface area contributed by atoms with Crippen LogP contribution in [0.3, 0.4) is 0 Å². The van der Waals surface area contributed by atoms with Gasteiger partial charge in [0, 0.05) is 49.0 Å². The van der Waals surface area contributed by atoms with Crippen LogP contribution in [0.1, 0.15) is 65.7 Å². The van der Waals surface area contributed by atoms with Gasteiger partial charge in [-0.25, -0.2) is 0 Å². The predicted molar refractivity (Wildman–Crippen MR) is 166 cm³/mol. The number of carbonyl (C=O) groups is 4. The fourth-order valence-electron chi connectivity index (χ4n) is 3.95. The van der Waals surface area contributed by atoms with Crippen molar-refractivity contribution in [1.82, 2.24) is 31.2 Å². The number of unbranched alkanes of at least 4 members (excludes halogenated alkanes) is 4. The second-order valence-corrected chi connectivity index (χ2v) is 11.4. The molecule has 0 saturated heterocycles. The van der Waals surface area contributed by atoms with Crippen LogP contribution >= 0.6 is 23.5 Å². The number of pyridine rings is 2. The zero-order valence-electron chi connectivity index (χ0n) is 23.9. The first-order valence-corrected chi connectivity index (χ1v) is 16.7. The molecule has 2 heterocycles. The third kappa shape index (κ3) is 13.9. The van der Waals surface area contributed by atoms with Crippen LogP contribution in [0.5, 0.6) is 0 Å². The molecular formula is C29H42N6O4S2. The molecule has 0 aliphatic heterocycles. The van der Waals surface area contributed by atoms with Crippen LogP contribution in [0.2, 0.25) is 0 Å². The van der Waals surface area contributed by atoms with Gasteiger partial charge < -0.3 is 21.3 Å². The smallest absolute Gasteiger partial charge is 0.252 e. The molecule has 0 fully saturated rings. The van der Waals surface area contributed by atoms with Crippen molar-refractivity contribution in [2.75, 3.05) is 37.1 Å². The van der Waals surface area contributed by atoms with Crippen molar-refractivity contribution in [3.63, 3.8) is 0 Å². The minimum atomic E-state index is -0.582. The van der Waals surface area contributed by atoms with Crippen molar-refractivity contribution in [3.8, 4) is 0 Å². The molecule has 4 amide bonds. The zero-order chi connectivity index (χ0) is 29.7. The van der Waals surface area contributed by atoms with Crippen molar-refractivity contribution < 1.29 is 19.2 Å². The lowest BCUT2D eigenvalue weighted by atomic mass is 10.1. The lowest BCUT2D eigenvalue weighted by Crippen LogP contribution is -2.47. The molecule has 0 aromatic carbocycles. The lowest BCUT2D eigenvalue weighted by molar-refractivity contribution is -0.123. The fraction of sp³-hybridized carbons (Fsp3) is 0.517. The molecule has 2 aromatic rings. The third-order valence-electron chi connectivity index (χ3n) is 6.30. The Morgan fingerprint density at radius 3 is 1.37 bits per heavy atom. The number of hydrogen-bond donors (Lipinski definition) is 4. The number of aromatic nitrogens is 2. The van der Waals surface area contributed by atoms with Crippen molar-refractivity contribution in [2.45, 2.75) is 57.0 Å². The van der Waals surface area contributed by atoms with Gasteiger partial charge in [-0.15, -0.1) is 0 Å². The summed E-state index contributed by atoms with van der Waals surface area (Å²) in [7, 11) is 0. The van der Waals surface area contributed by atoms with Crippen molar-refractivity contribution in [1.29, 1.82) is 0 Å². The summed E-state index contributed by atoms with van der Waals surface area (Å²) in [4.78, 5) is 58.2. The van der Waals surface area contributed by atoms with Gasteiger partial charge in [0.1, 0.15) is 12.1 Å². The van der Waals surface area contributed by atoms with E-state index >= 15 is 0 Å². The van der Waals surface area contributed by atoms with Gasteiger partial charge in [0.15, 0.2) is 0 Å². The largest absolute Gasteiger partial charge is 0.354 e. The van der Waals surface area contributed by atoms with Crippen molar-refractivity contribution in [3.05, 3.63) is 60.2 Å². The summed E-state index contributed by atoms with van der Waals surface area (Å²) in [5.41, 5.74) is 0.951. The molecule has 0 aliphatic rings. The Hall–Kier alpha value is -3.12. The molecule has 41 heavy (non-hydrogen) atoms. The molecule has 0 spiro atoms. The highest BCUT2D eigenvalue weighted by Gasteiger charge is 2.22. The van der Waals surface area contributed by atoms with Gasteiger partial charge in [-0.2, -0.15) is 23.5 Å². The standard InChI is InChI=1S/C29H42N6O4S2/c1-40-20-12-24(34-26(36)22-8-16-30-17-9-22)28(38)32-14-6-4-3-5-7-15-33-29(39)25(13-21-41-2)35-27(37)23-10-18-31-19-11-23/h8-11,16-19,24-25H,3-7,12-15,20-21H2,1-2H3,(H,32,38)(H,33,39)(H,34,36)(H,35,37)/t24-,25-/m0/s1. The van der Waals surface area contributed by atoms with Gasteiger partial charge in [0.05, 0.1) is 0 Å². The van der Waals surface area contributed by atoms with Crippen LogP contribution in [0.4, 0.5) is 0 Å². The van der Waals surface area contributed by atoms with E-state index in [0.29, 0.717) is 37.1 Å². The van der Waals surface area contributed by atoms with E-state index in [4.69, 9.17) is 0 Å². The number of nitrogens with one attached hydrogen (secondary N) is 4. The van der Waals surface area contributed by atoms with Crippen molar-refractivity contribution in [2.24, 2.45) is 0 Å². The number of rotatable bonds is 20. The number of nitrogens with zero attached hydrogens (tertiary/aromatic N) is 2. The highest BCUT2D eigenvalue weighted by molar-refractivity contribution is 7.98. The Balaban J connectivity index is 1.62. The second-order valence-electron chi connectivity index (χ2n) is 9.44. The average Bonchev–Trinajstić information content (AvgIpc) is 3.00. The van der Waals surface area contributed by atoms with E-state index in [2.05, 4.69) is 31.2 Å². The molecular weight excluding hydrogens is 560 g/mol. The summed E-state index contributed by atoms with van der Waals surface area (Å²) < 4.78 is 0. The molecule has 0 radical (unpaired) electrons. The summed E-state index contributed by atoms with van der Waals surface area (Å²) in [6, 6.07) is 5.32. The molecule has 0 bridgehead atoms. The Kier molecular flexibility index (Phi) is 17.2. The van der Waals surface area contributed by atoms with Gasteiger partial charge in [-0.05, 0) is 74.0 Å². The van der Waals surface area contributed by atoms with Crippen LogP contribution < -0.4 is 21.3 Å². The molecule has 12 heteroatoms. The summed E-state index contributed by atoms with van der Waals surface area (Å²) in [6.07, 6.45) is 15.8. The quantitative estimate of drug-likeness (QED) is 0.170. The Labute approximate surface area is 251 Å². The summed E-state index contributed by atoms with van der Waals surface area (Å²) in [5.74, 6) is 0.619. The van der Waals surface area contributed by atoms with E-state index in [1.165, 1.54) is 0 Å². The number of amides is 4. The van der Waals surface area contributed by atoms with Crippen LogP contribution in [-0.2, 0) is 9.59 Å². The average molecular weight is 603 g/mol. The first kappa shape index (κ1) is 34.1. The molecule has 0 saturated carbocycles. The zero-order valence-corrected chi connectivity index (χ0v) is 25.5. The second kappa shape index (κ2) is 20.7. The van der Waals surface area contributed by atoms with E-state index < -0.39 is 12.1 Å². The highest BCUT2D eigenvalue weighted by Crippen LogP contribution is 2.07. The van der Waals surface area contributed by atoms with Crippen LogP contribution in [0.25, 0.3) is 0 Å². The van der Waals surface area contributed by atoms with Gasteiger partial charge in [-0.3, -0.25) is 29.1 Å². The third-order valence-corrected chi connectivity index (χ3v) is 7.59. The topological polar surface area (TPSA) is 142 Å². The monoisotopic (exact) mass is 602 g/mol. The van der Waals surface area contributed by atoms with Gasteiger partial charge in [-0.1, -0.05) is 19.3 Å². The first-order chi connectivity index (χ1) is 20.0. The van der Waals surface area contributed by atoms with E-state index in [9.17, 15) is 19.2 Å². The SMILES string of the molecule is CSCC[C@H](NC(=O)c1ccncc1)C(=O)NCCCCCCCNC(=O)[C@H](CCSC)NC(=O)c1ccncc1. The highest BCUT2D eigenvalue weighted by atomic mass is 32.2. The van der Waals surface area contributed by atoms with Crippen LogP contribution in [0, 0.1) is 0 Å². The molecule has 2 rings (SSSR count). The molecule has 224 valence electrons. The Morgan fingerprint density at radius 1 is 0.634 bits per heavy atom. The molecule has 0 unspecified atom stereocenters. The number of thioether (sulfide) groups is 2. The van der Waals surface area contributed by atoms with E-state index in [-0.39, 0.29) is 23.6 Å². The van der Waals surface area contributed by atoms with E-state index in [0.717, 1.165) is 43.6 Å². The summed E-state index contributed by atoms with van der Waals surface area (Å²) in [5, 5.41) is 11.6. The van der Waals surface area contributed by atoms with Gasteiger partial charge in [0.2, 0.25) is 11.8 Å². The maximum atomic E-state index is 12.7. The molecule has 0 aliphatic carbocycles. The molecule has 2 aromatic heterocycles. The maximum absolute atomic E-state index is 12.7. The normalized spacial score (nSPS) is 12.1. The molecule has 10 nitrogen and oxygen atoms in total. The number of hydrogen-bond acceptors (Lipinski definition) is 8. The predicted octanol–water partition coefficient (Wildman–Crippen LogP) is 3.06. The summed E-state index contributed by atoms with van der Waals surface area (Å²) >= 11 is 3.26. The minimum absolute atomic E-state index is 0.170. The first-order valence-electron chi connectivity index (χ1n) is 13.9. The lowest BCUT2D eigenvalue weighted by Gasteiger charge is -2.18. The van der Waals surface area contributed by atoms with Crippen LogP contribution in [0.15, 0.2) is 49.1 Å². The Morgan fingerprint density at radius 2 is 1.00 bits per heavy atom. The number of carbonyl (C=O) groups excluding carboxylic acids is 4. The van der Waals surface area contributed by atoms with E-state index in [1.807, 2.05) is 12.5 Å². The Bertz CT molecular complexity index is 978. The molecule has 4 N–H and O–H groups in total. The van der Waals surface area contributed by atoms with Gasteiger partial charge in [0.25, 0.3) is 11.8 Å². The van der Waals surface area contributed by atoms with Gasteiger partial charge >= 0.3 is 0 Å². The van der Waals surface area contributed by atoms with Crippen LogP contribution in [-0.4, -0.2) is 82.8 Å². The maximum Gasteiger partial charge on any atom is 0.252 e. The molecule has 2 atom stereocenters.